The standard InChI is InChI=1S/C35H38ClNO5S.Li.H/c1-4-5-10-32(33-18-17-31(42-33)25-12-14-26(36)15-13-25)41-22-24-11-16-28(29(21-24)27-9-7-6-8-23(27)2)34(38)37-30(35(39)40)19-20-43-3;;/h6-9,11-18,21,30,32H,4-5,10,19-20,22H2,1-3H3,(H,37,38)(H,39,40);;/q;+1;-1/t30-,32?;;/m0../s1. The number of furan rings is 1. The number of hydrogen-bond donors (Lipinski definition) is 2. The molecule has 4 aromatic rings. The van der Waals surface area contributed by atoms with Gasteiger partial charge in [-0.3, -0.25) is 4.79 Å². The number of ether oxygens (including phenoxy) is 1. The minimum absolute atomic E-state index is 0. The summed E-state index contributed by atoms with van der Waals surface area (Å²) in [5.41, 5.74) is 4.93. The number of carbonyl (C=O) groups excluding carboxylic acids is 1. The molecule has 1 amide bonds. The number of nitrogens with one attached hydrogen (secondary N) is 1. The first-order valence-electron chi connectivity index (χ1n) is 14.5. The molecule has 3 aromatic carbocycles. The molecule has 9 heteroatoms. The van der Waals surface area contributed by atoms with E-state index in [9.17, 15) is 14.7 Å². The van der Waals surface area contributed by atoms with E-state index in [1.165, 1.54) is 0 Å². The summed E-state index contributed by atoms with van der Waals surface area (Å²) < 4.78 is 12.7. The zero-order valence-corrected chi connectivity index (χ0v) is 27.3. The van der Waals surface area contributed by atoms with Crippen LogP contribution in [0.5, 0.6) is 0 Å². The Labute approximate surface area is 282 Å². The summed E-state index contributed by atoms with van der Waals surface area (Å²) in [6, 6.07) is 23.9. The SMILES string of the molecule is CCCCC(OCc1ccc(C(=O)N[C@@H](CCSC)C(=O)O)c(-c2ccccc2C)c1)c1ccc(-c2ccc(Cl)cc2)o1.[H-].[Li+]. The predicted octanol–water partition coefficient (Wildman–Crippen LogP) is 6.08. The first-order chi connectivity index (χ1) is 20.8. The van der Waals surface area contributed by atoms with Crippen LogP contribution in [-0.4, -0.2) is 35.0 Å². The van der Waals surface area contributed by atoms with Gasteiger partial charge in [-0.25, -0.2) is 4.79 Å². The minimum atomic E-state index is -1.04. The molecule has 0 bridgehead atoms. The molecule has 0 saturated carbocycles. The molecule has 44 heavy (non-hydrogen) atoms. The first kappa shape index (κ1) is 35.6. The van der Waals surface area contributed by atoms with Crippen molar-refractivity contribution in [3.8, 4) is 22.5 Å². The Kier molecular flexibility index (Phi) is 14.2. The van der Waals surface area contributed by atoms with Gasteiger partial charge in [-0.05, 0) is 103 Å². The maximum absolute atomic E-state index is 13.4. The van der Waals surface area contributed by atoms with E-state index in [4.69, 9.17) is 20.8 Å². The topological polar surface area (TPSA) is 88.8 Å². The Bertz CT molecular complexity index is 1530. The zero-order chi connectivity index (χ0) is 30.8. The van der Waals surface area contributed by atoms with Gasteiger partial charge in [0.15, 0.2) is 0 Å². The van der Waals surface area contributed by atoms with Gasteiger partial charge in [0.25, 0.3) is 5.91 Å². The molecule has 1 unspecified atom stereocenters. The number of unbranched alkanes of at least 4 members (excludes halogenated alkanes) is 1. The smallest absolute Gasteiger partial charge is 1.00 e. The van der Waals surface area contributed by atoms with E-state index >= 15 is 0 Å². The number of aliphatic carboxylic acids is 1. The van der Waals surface area contributed by atoms with Gasteiger partial charge in [0.05, 0.1) is 6.61 Å². The second kappa shape index (κ2) is 17.5. The molecule has 1 heterocycles. The summed E-state index contributed by atoms with van der Waals surface area (Å²) in [7, 11) is 0. The number of carboxylic acids is 1. The van der Waals surface area contributed by atoms with Gasteiger partial charge in [-0.2, -0.15) is 11.8 Å². The van der Waals surface area contributed by atoms with E-state index in [1.54, 1.807) is 17.8 Å². The molecule has 2 N–H and O–H groups in total. The molecule has 228 valence electrons. The molecule has 1 aromatic heterocycles. The number of hydrogen-bond acceptors (Lipinski definition) is 5. The Morgan fingerprint density at radius 1 is 1.02 bits per heavy atom. The summed E-state index contributed by atoms with van der Waals surface area (Å²) in [6.45, 7) is 4.46. The number of benzene rings is 3. The van der Waals surface area contributed by atoms with Crippen LogP contribution in [0.3, 0.4) is 0 Å². The number of carbonyl (C=O) groups is 2. The maximum Gasteiger partial charge on any atom is 1.00 e. The summed E-state index contributed by atoms with van der Waals surface area (Å²) >= 11 is 7.60. The number of rotatable bonds is 15. The minimum Gasteiger partial charge on any atom is -1.00 e. The van der Waals surface area contributed by atoms with Crippen molar-refractivity contribution in [2.45, 2.75) is 58.3 Å². The third-order valence-electron chi connectivity index (χ3n) is 7.32. The van der Waals surface area contributed by atoms with Crippen molar-refractivity contribution in [2.24, 2.45) is 0 Å². The first-order valence-corrected chi connectivity index (χ1v) is 16.3. The van der Waals surface area contributed by atoms with Crippen LogP contribution in [0.1, 0.15) is 67.4 Å². The molecule has 4 rings (SSSR count). The second-order valence-electron chi connectivity index (χ2n) is 10.5. The van der Waals surface area contributed by atoms with Crippen LogP contribution < -0.4 is 24.2 Å². The van der Waals surface area contributed by atoms with E-state index < -0.39 is 17.9 Å². The van der Waals surface area contributed by atoms with Gasteiger partial charge in [0, 0.05) is 16.1 Å². The average molecular weight is 628 g/mol. The molecule has 0 radical (unpaired) electrons. The molecule has 0 aliphatic heterocycles. The van der Waals surface area contributed by atoms with Crippen LogP contribution >= 0.6 is 23.4 Å². The molecule has 0 spiro atoms. The van der Waals surface area contributed by atoms with E-state index in [1.807, 2.05) is 86.0 Å². The summed E-state index contributed by atoms with van der Waals surface area (Å²) in [5.74, 6) is 0.698. The number of carboxylic acid groups (broad SMARTS) is 1. The Morgan fingerprint density at radius 2 is 1.77 bits per heavy atom. The average Bonchev–Trinajstić information content (AvgIpc) is 3.49. The van der Waals surface area contributed by atoms with Crippen molar-refractivity contribution >= 4 is 35.2 Å². The number of thioether (sulfide) groups is 1. The fourth-order valence-electron chi connectivity index (χ4n) is 4.90. The van der Waals surface area contributed by atoms with Gasteiger partial charge in [-0.1, -0.05) is 61.7 Å². The fraction of sp³-hybridized carbons (Fsp3) is 0.314. The molecular formula is C35H39ClLiNO5S. The van der Waals surface area contributed by atoms with Crippen LogP contribution in [0.4, 0.5) is 0 Å². The van der Waals surface area contributed by atoms with Crippen molar-refractivity contribution in [1.82, 2.24) is 5.32 Å². The van der Waals surface area contributed by atoms with Gasteiger partial charge >= 0.3 is 24.8 Å². The zero-order valence-electron chi connectivity index (χ0n) is 26.8. The van der Waals surface area contributed by atoms with Crippen molar-refractivity contribution in [1.29, 1.82) is 0 Å². The summed E-state index contributed by atoms with van der Waals surface area (Å²) in [4.78, 5) is 25.2. The second-order valence-corrected chi connectivity index (χ2v) is 11.9. The molecule has 6 nitrogen and oxygen atoms in total. The van der Waals surface area contributed by atoms with Crippen molar-refractivity contribution in [3.05, 3.63) is 106 Å². The monoisotopic (exact) mass is 627 g/mol. The van der Waals surface area contributed by atoms with Crippen LogP contribution in [0.2, 0.25) is 5.02 Å². The van der Waals surface area contributed by atoms with Crippen LogP contribution in [-0.2, 0) is 16.1 Å². The van der Waals surface area contributed by atoms with Gasteiger partial charge in [0.1, 0.15) is 23.7 Å². The van der Waals surface area contributed by atoms with Crippen LogP contribution in [0.25, 0.3) is 22.5 Å². The molecule has 0 fully saturated rings. The van der Waals surface area contributed by atoms with E-state index in [0.717, 1.165) is 58.6 Å². The Balaban J connectivity index is 0.00000353. The van der Waals surface area contributed by atoms with Gasteiger partial charge in [-0.15, -0.1) is 0 Å². The molecule has 0 saturated heterocycles. The predicted molar refractivity (Wildman–Crippen MR) is 176 cm³/mol. The van der Waals surface area contributed by atoms with E-state index in [2.05, 4.69) is 12.2 Å². The van der Waals surface area contributed by atoms with Crippen LogP contribution in [0, 0.1) is 6.92 Å². The van der Waals surface area contributed by atoms with E-state index in [0.29, 0.717) is 29.4 Å². The molecule has 0 aliphatic rings. The van der Waals surface area contributed by atoms with E-state index in [-0.39, 0.29) is 26.4 Å². The largest absolute Gasteiger partial charge is 1.00 e. The quantitative estimate of drug-likeness (QED) is 0.155. The van der Waals surface area contributed by atoms with Crippen LogP contribution in [0.15, 0.2) is 83.3 Å². The Hall–Kier alpha value is -2.92. The molecular weight excluding hydrogens is 589 g/mol. The van der Waals surface area contributed by atoms with Gasteiger partial charge in [0.2, 0.25) is 0 Å². The normalized spacial score (nSPS) is 12.3. The third kappa shape index (κ3) is 9.54. The molecule has 0 aliphatic carbocycles. The maximum atomic E-state index is 13.4. The number of amides is 1. The van der Waals surface area contributed by atoms with Gasteiger partial charge < -0.3 is 21.0 Å². The molecule has 2 atom stereocenters. The van der Waals surface area contributed by atoms with Crippen molar-refractivity contribution in [3.63, 3.8) is 0 Å². The number of halogens is 1. The van der Waals surface area contributed by atoms with Crippen molar-refractivity contribution in [2.75, 3.05) is 12.0 Å². The fourth-order valence-corrected chi connectivity index (χ4v) is 5.49. The number of aryl methyl sites for hydroxylation is 1. The summed E-state index contributed by atoms with van der Waals surface area (Å²) in [5, 5.41) is 13.1. The summed E-state index contributed by atoms with van der Waals surface area (Å²) in [6.07, 6.45) is 4.84. The Morgan fingerprint density at radius 3 is 2.45 bits per heavy atom. The van der Waals surface area contributed by atoms with Crippen molar-refractivity contribution < 1.29 is 44.1 Å². The third-order valence-corrected chi connectivity index (χ3v) is 8.22.